The predicted molar refractivity (Wildman–Crippen MR) is 143 cm³/mol. The number of halogens is 7. The summed E-state index contributed by atoms with van der Waals surface area (Å²) in [4.78, 5) is 36.6. The minimum absolute atomic E-state index is 0.0944. The van der Waals surface area contributed by atoms with Gasteiger partial charge in [0.25, 0.3) is 5.91 Å². The number of nitrogens with one attached hydrogen (secondary N) is 3. The van der Waals surface area contributed by atoms with Crippen molar-refractivity contribution in [1.82, 2.24) is 0 Å². The zero-order valence-corrected chi connectivity index (χ0v) is 22.4. The molecule has 1 aliphatic rings. The fourth-order valence-corrected chi connectivity index (χ4v) is 5.45. The van der Waals surface area contributed by atoms with Crippen LogP contribution in [0.15, 0.2) is 48.5 Å². The molecule has 0 aromatic heterocycles. The first-order chi connectivity index (χ1) is 17.8. The van der Waals surface area contributed by atoms with Gasteiger partial charge >= 0.3 is 6.09 Å². The summed E-state index contributed by atoms with van der Waals surface area (Å²) in [6.45, 7) is 0. The maximum atomic E-state index is 14.6. The molecule has 198 valence electrons. The van der Waals surface area contributed by atoms with E-state index in [1.807, 2.05) is 5.32 Å². The van der Waals surface area contributed by atoms with Crippen molar-refractivity contribution in [2.45, 2.75) is 10.3 Å². The van der Waals surface area contributed by atoms with Crippen molar-refractivity contribution in [1.29, 1.82) is 0 Å². The molecule has 3 amide bonds. The minimum Gasteiger partial charge on any atom is -0.465 e. The van der Waals surface area contributed by atoms with Gasteiger partial charge in [0, 0.05) is 21.7 Å². The van der Waals surface area contributed by atoms with Gasteiger partial charge in [-0.15, -0.1) is 23.2 Å². The quantitative estimate of drug-likeness (QED) is 0.210. The van der Waals surface area contributed by atoms with Crippen LogP contribution in [0.5, 0.6) is 0 Å². The summed E-state index contributed by atoms with van der Waals surface area (Å²) >= 11 is 30.9. The molecule has 4 rings (SSSR count). The molecule has 7 nitrogen and oxygen atoms in total. The fourth-order valence-electron chi connectivity index (χ4n) is 3.88. The van der Waals surface area contributed by atoms with Crippen LogP contribution in [0, 0.1) is 17.6 Å². The van der Waals surface area contributed by atoms with Crippen LogP contribution in [0.4, 0.5) is 30.6 Å². The van der Waals surface area contributed by atoms with Crippen molar-refractivity contribution < 1.29 is 28.3 Å². The second-order valence-electron chi connectivity index (χ2n) is 8.18. The molecule has 14 heteroatoms. The zero-order valence-electron chi connectivity index (χ0n) is 18.6. The Hall–Kier alpha value is -2.82. The van der Waals surface area contributed by atoms with Gasteiger partial charge in [-0.1, -0.05) is 34.8 Å². The molecule has 2 atom stereocenters. The van der Waals surface area contributed by atoms with Gasteiger partial charge in [-0.25, -0.2) is 13.6 Å². The van der Waals surface area contributed by atoms with Crippen LogP contribution in [0.3, 0.4) is 0 Å². The number of rotatable bonds is 6. The van der Waals surface area contributed by atoms with E-state index in [2.05, 4.69) is 5.32 Å². The molecular formula is C24H14Cl5F2N3O4. The maximum absolute atomic E-state index is 14.6. The maximum Gasteiger partial charge on any atom is 0.409 e. The second kappa shape index (κ2) is 10.7. The van der Waals surface area contributed by atoms with E-state index >= 15 is 0 Å². The predicted octanol–water partition coefficient (Wildman–Crippen LogP) is 7.79. The van der Waals surface area contributed by atoms with Crippen molar-refractivity contribution in [3.05, 3.63) is 86.4 Å². The van der Waals surface area contributed by atoms with E-state index in [-0.39, 0.29) is 16.3 Å². The third-order valence-electron chi connectivity index (χ3n) is 5.63. The highest BCUT2D eigenvalue weighted by Crippen LogP contribution is 2.65. The molecule has 4 N–H and O–H groups in total. The van der Waals surface area contributed by atoms with Gasteiger partial charge in [0.15, 0.2) is 5.82 Å². The number of benzene rings is 3. The van der Waals surface area contributed by atoms with Crippen molar-refractivity contribution in [3.8, 4) is 0 Å². The average Bonchev–Trinajstić information content (AvgIpc) is 3.41. The average molecular weight is 624 g/mol. The second-order valence-corrected chi connectivity index (χ2v) is 10.9. The lowest BCUT2D eigenvalue weighted by molar-refractivity contribution is -0.117. The van der Waals surface area contributed by atoms with Crippen LogP contribution in [0.25, 0.3) is 0 Å². The fraction of sp³-hybridized carbons (Fsp3) is 0.125. The van der Waals surface area contributed by atoms with Crippen molar-refractivity contribution in [2.24, 2.45) is 5.92 Å². The molecule has 1 fully saturated rings. The van der Waals surface area contributed by atoms with Gasteiger partial charge in [-0.3, -0.25) is 14.9 Å². The molecule has 0 spiro atoms. The summed E-state index contributed by atoms with van der Waals surface area (Å²) in [5, 5.41) is 15.8. The normalized spacial score (nSPS) is 17.4. The molecule has 0 unspecified atom stereocenters. The van der Waals surface area contributed by atoms with Gasteiger partial charge in [0.05, 0.1) is 22.2 Å². The van der Waals surface area contributed by atoms with E-state index in [1.165, 1.54) is 24.3 Å². The lowest BCUT2D eigenvalue weighted by Crippen LogP contribution is -2.19. The number of carboxylic acid groups (broad SMARTS) is 1. The highest BCUT2D eigenvalue weighted by atomic mass is 35.5. The van der Waals surface area contributed by atoms with E-state index in [0.717, 1.165) is 12.1 Å². The number of carbonyl (C=O) groups excluding carboxylic acids is 2. The van der Waals surface area contributed by atoms with Crippen LogP contribution in [0.1, 0.15) is 21.8 Å². The first-order valence-corrected chi connectivity index (χ1v) is 12.4. The van der Waals surface area contributed by atoms with Crippen molar-refractivity contribution in [3.63, 3.8) is 0 Å². The molecule has 0 bridgehead atoms. The largest absolute Gasteiger partial charge is 0.465 e. The molecule has 1 aliphatic carbocycles. The van der Waals surface area contributed by atoms with Gasteiger partial charge in [0.1, 0.15) is 15.8 Å². The highest BCUT2D eigenvalue weighted by Gasteiger charge is 2.67. The van der Waals surface area contributed by atoms with E-state index in [0.29, 0.717) is 15.6 Å². The minimum atomic E-state index is -1.59. The van der Waals surface area contributed by atoms with E-state index < -0.39 is 57.1 Å². The lowest BCUT2D eigenvalue weighted by Gasteiger charge is -2.13. The third-order valence-corrected chi connectivity index (χ3v) is 7.34. The van der Waals surface area contributed by atoms with Crippen LogP contribution >= 0.6 is 58.0 Å². The molecule has 0 aliphatic heterocycles. The smallest absolute Gasteiger partial charge is 0.409 e. The number of hydrogen-bond donors (Lipinski definition) is 4. The topological polar surface area (TPSA) is 108 Å². The van der Waals surface area contributed by atoms with E-state index in [1.54, 1.807) is 17.4 Å². The molecular weight excluding hydrogens is 610 g/mol. The van der Waals surface area contributed by atoms with Gasteiger partial charge in [-0.2, -0.15) is 0 Å². The third kappa shape index (κ3) is 5.77. The van der Waals surface area contributed by atoms with Crippen LogP contribution < -0.4 is 16.0 Å². The van der Waals surface area contributed by atoms with Crippen molar-refractivity contribution >= 4 is 93.0 Å². The number of carbonyl (C=O) groups is 3. The molecule has 0 saturated heterocycles. The monoisotopic (exact) mass is 621 g/mol. The Labute approximate surface area is 239 Å². The number of amides is 3. The SMILES string of the molecule is O=C(O)Nc1ccc(F)c(NC(=O)c2cc(NC(=O)[C@H]3[C@H](c4cc(Cl)cc(Cl)c4)C3(Cl)Cl)ccc2Cl)c1F. The molecule has 0 heterocycles. The summed E-state index contributed by atoms with van der Waals surface area (Å²) < 4.78 is 27.4. The van der Waals surface area contributed by atoms with Gasteiger partial charge in [-0.05, 0) is 54.1 Å². The van der Waals surface area contributed by atoms with Crippen molar-refractivity contribution in [2.75, 3.05) is 16.0 Å². The Bertz CT molecular complexity index is 1470. The summed E-state index contributed by atoms with van der Waals surface area (Å²) in [7, 11) is 0. The van der Waals surface area contributed by atoms with E-state index in [4.69, 9.17) is 63.1 Å². The van der Waals surface area contributed by atoms with E-state index in [9.17, 15) is 23.2 Å². The number of alkyl halides is 2. The summed E-state index contributed by atoms with van der Waals surface area (Å²) in [6.07, 6.45) is -1.59. The van der Waals surface area contributed by atoms with Crippen LogP contribution in [0.2, 0.25) is 15.1 Å². The highest BCUT2D eigenvalue weighted by molar-refractivity contribution is 6.53. The Balaban J connectivity index is 1.54. The van der Waals surface area contributed by atoms with Gasteiger partial charge < -0.3 is 15.7 Å². The Morgan fingerprint density at radius 1 is 0.868 bits per heavy atom. The molecule has 3 aromatic rings. The molecule has 38 heavy (non-hydrogen) atoms. The standard InChI is InChI=1S/C24H14Cl5F2N3O4/c25-10-5-9(6-11(26)7-10)17-18(24(17,28)29)22(36)32-12-1-2-14(27)13(8-12)21(35)34-20-15(30)3-4-16(19(20)31)33-23(37)38/h1-8,17-18,33H,(H,32,36)(H,34,35)(H,37,38)/t17-,18+/m0/s1. The Kier molecular flexibility index (Phi) is 7.97. The molecule has 1 saturated carbocycles. The summed E-state index contributed by atoms with van der Waals surface area (Å²) in [6, 6.07) is 10.2. The zero-order chi connectivity index (χ0) is 27.9. The van der Waals surface area contributed by atoms with Crippen LogP contribution in [-0.2, 0) is 4.79 Å². The van der Waals surface area contributed by atoms with Crippen LogP contribution in [-0.4, -0.2) is 27.3 Å². The molecule has 0 radical (unpaired) electrons. The first kappa shape index (κ1) is 28.2. The number of hydrogen-bond acceptors (Lipinski definition) is 3. The molecule has 3 aromatic carbocycles. The first-order valence-electron chi connectivity index (χ1n) is 10.5. The Morgan fingerprint density at radius 3 is 2.16 bits per heavy atom. The van der Waals surface area contributed by atoms with Gasteiger partial charge in [0.2, 0.25) is 5.91 Å². The summed E-state index contributed by atoms with van der Waals surface area (Å²) in [5.41, 5.74) is -1.04. The lowest BCUT2D eigenvalue weighted by atomic mass is 10.1. The Morgan fingerprint density at radius 2 is 1.53 bits per heavy atom. The summed E-state index contributed by atoms with van der Waals surface area (Å²) in [5.74, 6) is -5.61. The number of anilines is 3.